The summed E-state index contributed by atoms with van der Waals surface area (Å²) in [6, 6.07) is 0. The molecule has 0 aromatic carbocycles. The van der Waals surface area contributed by atoms with E-state index in [4.69, 9.17) is 13.6 Å². The molecule has 0 bridgehead atoms. The summed E-state index contributed by atoms with van der Waals surface area (Å²) in [5.41, 5.74) is 4.85. The van der Waals surface area contributed by atoms with Crippen LogP contribution >= 0.6 is 0 Å². The van der Waals surface area contributed by atoms with Gasteiger partial charge in [0.25, 0.3) is 0 Å². The lowest BCUT2D eigenvalue weighted by Crippen LogP contribution is -2.31. The third-order valence-corrected chi connectivity index (χ3v) is 0.473. The van der Waals surface area contributed by atoms with Crippen molar-refractivity contribution in [3.05, 3.63) is 0 Å². The largest absolute Gasteiger partial charge is 0.468 e. The normalized spacial score (nSPS) is 12.9. The molecule has 2 N–H and O–H groups in total. The Bertz CT molecular complexity index is 73.3. The zero-order chi connectivity index (χ0) is 5.86. The molecule has 38 valence electrons. The monoisotopic (exact) mass is 99.0 g/mol. The number of hydrogen-bond donors (Lipinski definition) is 1. The fraction of sp³-hybridized carbons (Fsp3) is 0.667. The Morgan fingerprint density at radius 2 is 2.43 bits per heavy atom. The number of esters is 1. The van der Waals surface area contributed by atoms with Crippen molar-refractivity contribution in [2.75, 3.05) is 7.11 Å². The number of hydrogen-bond acceptors (Lipinski definition) is 3. The van der Waals surface area contributed by atoms with E-state index in [1.54, 1.807) is 0 Å². The Labute approximate surface area is 43.2 Å². The minimum atomic E-state index is -0.995. The maximum atomic E-state index is 10.0. The second kappa shape index (κ2) is 2.63. The van der Waals surface area contributed by atoms with Crippen LogP contribution in [0.4, 0.5) is 0 Å². The van der Waals surface area contributed by atoms with Crippen LogP contribution in [0, 0.1) is 0 Å². The lowest BCUT2D eigenvalue weighted by atomic mass is 9.99. The second-order valence-electron chi connectivity index (χ2n) is 1.05. The van der Waals surface area contributed by atoms with E-state index in [2.05, 4.69) is 4.74 Å². The third kappa shape index (κ3) is 2.22. The van der Waals surface area contributed by atoms with Crippen LogP contribution in [0.3, 0.4) is 0 Å². The van der Waals surface area contributed by atoms with E-state index in [1.807, 2.05) is 0 Å². The molecule has 0 heterocycles. The van der Waals surface area contributed by atoms with Crippen molar-refractivity contribution in [2.24, 2.45) is 5.73 Å². The van der Waals surface area contributed by atoms with Gasteiger partial charge in [-0.2, -0.15) is 0 Å². The number of carbonyl (C=O) groups excluding carboxylic acids is 1. The summed E-state index contributed by atoms with van der Waals surface area (Å²) in [7, 11) is 6.08. The summed E-state index contributed by atoms with van der Waals surface area (Å²) in [6.45, 7) is 0. The first kappa shape index (κ1) is 6.49. The Kier molecular flexibility index (Phi) is 2.44. The number of methoxy groups -OCH3 is 1. The molecule has 0 saturated carbocycles. The van der Waals surface area contributed by atoms with Crippen LogP contribution < -0.4 is 5.73 Å². The van der Waals surface area contributed by atoms with Gasteiger partial charge in [-0.25, -0.2) is 0 Å². The van der Waals surface area contributed by atoms with Gasteiger partial charge in [-0.05, 0) is 0 Å². The van der Waals surface area contributed by atoms with Gasteiger partial charge < -0.3 is 10.5 Å². The fourth-order valence-corrected chi connectivity index (χ4v) is 0.136. The number of ether oxygens (including phenoxy) is 1. The molecule has 0 aliphatic rings. The molecule has 2 radical (unpaired) electrons. The summed E-state index contributed by atoms with van der Waals surface area (Å²) >= 11 is 0. The predicted octanol–water partition coefficient (Wildman–Crippen LogP) is -1.39. The Balaban J connectivity index is 3.35. The first-order valence-corrected chi connectivity index (χ1v) is 1.77. The van der Waals surface area contributed by atoms with E-state index >= 15 is 0 Å². The van der Waals surface area contributed by atoms with Crippen molar-refractivity contribution >= 4 is 13.8 Å². The minimum absolute atomic E-state index is 0.597. The van der Waals surface area contributed by atoms with Crippen LogP contribution in [0.15, 0.2) is 0 Å². The molecule has 0 aliphatic carbocycles. The lowest BCUT2D eigenvalue weighted by Gasteiger charge is -1.98. The molecule has 0 aromatic heterocycles. The van der Waals surface area contributed by atoms with Gasteiger partial charge in [0.2, 0.25) is 0 Å². The van der Waals surface area contributed by atoms with Gasteiger partial charge in [0.15, 0.2) is 0 Å². The van der Waals surface area contributed by atoms with Crippen molar-refractivity contribution in [3.8, 4) is 0 Å². The van der Waals surface area contributed by atoms with E-state index in [0.717, 1.165) is 0 Å². The van der Waals surface area contributed by atoms with Crippen LogP contribution in [0.25, 0.3) is 0 Å². The van der Waals surface area contributed by atoms with Crippen molar-refractivity contribution in [3.63, 3.8) is 0 Å². The van der Waals surface area contributed by atoms with Crippen LogP contribution in [0.1, 0.15) is 0 Å². The minimum Gasteiger partial charge on any atom is -0.468 e. The molecule has 0 amide bonds. The van der Waals surface area contributed by atoms with Crippen molar-refractivity contribution in [1.82, 2.24) is 0 Å². The summed E-state index contributed by atoms with van der Waals surface area (Å²) in [5.74, 6) is -1.59. The highest BCUT2D eigenvalue weighted by atomic mass is 16.5. The van der Waals surface area contributed by atoms with Crippen LogP contribution in [-0.2, 0) is 9.53 Å². The van der Waals surface area contributed by atoms with Crippen LogP contribution in [0.2, 0.25) is 0 Å². The maximum absolute atomic E-state index is 10.0. The van der Waals surface area contributed by atoms with Crippen LogP contribution in [0.5, 0.6) is 0 Å². The predicted molar refractivity (Wildman–Crippen MR) is 25.7 cm³/mol. The average molecular weight is 98.9 g/mol. The van der Waals surface area contributed by atoms with Crippen molar-refractivity contribution in [2.45, 2.75) is 5.94 Å². The fourth-order valence-electron chi connectivity index (χ4n) is 0.136. The molecule has 3 nitrogen and oxygen atoms in total. The SMILES string of the molecule is [B]C(N)C(=O)OC. The highest BCUT2D eigenvalue weighted by molar-refractivity contribution is 6.22. The average Bonchev–Trinajstić information content (AvgIpc) is 1.65. The van der Waals surface area contributed by atoms with Gasteiger partial charge in [-0.3, -0.25) is 4.79 Å². The second-order valence-corrected chi connectivity index (χ2v) is 1.05. The van der Waals surface area contributed by atoms with Crippen molar-refractivity contribution < 1.29 is 9.53 Å². The summed E-state index contributed by atoms with van der Waals surface area (Å²) in [4.78, 5) is 10.0. The first-order valence-electron chi connectivity index (χ1n) is 1.77. The zero-order valence-corrected chi connectivity index (χ0v) is 4.05. The molecular formula is C3H6BNO2. The van der Waals surface area contributed by atoms with Gasteiger partial charge in [0.1, 0.15) is 7.85 Å². The van der Waals surface area contributed by atoms with E-state index in [1.165, 1.54) is 7.11 Å². The number of rotatable bonds is 1. The Hall–Kier alpha value is -0.505. The highest BCUT2D eigenvalue weighted by Crippen LogP contribution is 1.72. The van der Waals surface area contributed by atoms with E-state index in [-0.39, 0.29) is 0 Å². The molecule has 0 saturated heterocycles. The molecule has 0 spiro atoms. The molecule has 4 heteroatoms. The summed E-state index contributed by atoms with van der Waals surface area (Å²) < 4.78 is 4.12. The van der Waals surface area contributed by atoms with Crippen LogP contribution in [-0.4, -0.2) is 26.9 Å². The number of carbonyl (C=O) groups is 1. The molecule has 0 aliphatic heterocycles. The lowest BCUT2D eigenvalue weighted by molar-refractivity contribution is -0.140. The highest BCUT2D eigenvalue weighted by Gasteiger charge is 2.03. The molecule has 0 fully saturated rings. The van der Waals surface area contributed by atoms with Gasteiger partial charge >= 0.3 is 5.97 Å². The van der Waals surface area contributed by atoms with E-state index in [9.17, 15) is 4.79 Å². The van der Waals surface area contributed by atoms with E-state index in [0.29, 0.717) is 0 Å². The molecule has 1 unspecified atom stereocenters. The van der Waals surface area contributed by atoms with Gasteiger partial charge in [-0.15, -0.1) is 0 Å². The maximum Gasteiger partial charge on any atom is 0.313 e. The standard InChI is InChI=1S/C3H6BNO2/c1-7-3(6)2(4)5/h2H,5H2,1H3. The van der Waals surface area contributed by atoms with Gasteiger partial charge in [0.05, 0.1) is 13.1 Å². The summed E-state index contributed by atoms with van der Waals surface area (Å²) in [6.07, 6.45) is 0. The molecule has 7 heavy (non-hydrogen) atoms. The number of nitrogens with two attached hydrogens (primary N) is 1. The van der Waals surface area contributed by atoms with Gasteiger partial charge in [0, 0.05) is 0 Å². The quantitative estimate of drug-likeness (QED) is 0.325. The van der Waals surface area contributed by atoms with E-state index < -0.39 is 11.9 Å². The topological polar surface area (TPSA) is 52.3 Å². The molecule has 0 aromatic rings. The Morgan fingerprint density at radius 1 is 2.00 bits per heavy atom. The smallest absolute Gasteiger partial charge is 0.313 e. The zero-order valence-electron chi connectivity index (χ0n) is 4.05. The van der Waals surface area contributed by atoms with Gasteiger partial charge in [-0.1, -0.05) is 0 Å². The Morgan fingerprint density at radius 3 is 2.43 bits per heavy atom. The molecule has 0 rings (SSSR count). The molecular weight excluding hydrogens is 92.8 g/mol. The summed E-state index contributed by atoms with van der Waals surface area (Å²) in [5, 5.41) is 0. The van der Waals surface area contributed by atoms with Crippen molar-refractivity contribution in [1.29, 1.82) is 0 Å². The first-order chi connectivity index (χ1) is 3.18. The third-order valence-electron chi connectivity index (χ3n) is 0.473. The molecule has 1 atom stereocenters.